The van der Waals surface area contributed by atoms with E-state index in [0.29, 0.717) is 0 Å². The topological polar surface area (TPSA) is 0 Å². The van der Waals surface area contributed by atoms with Gasteiger partial charge in [0, 0.05) is 0 Å². The summed E-state index contributed by atoms with van der Waals surface area (Å²) < 4.78 is 1.21. The summed E-state index contributed by atoms with van der Waals surface area (Å²) in [6.07, 6.45) is 26.6. The molecule has 1 aliphatic heterocycles. The summed E-state index contributed by atoms with van der Waals surface area (Å²) in [6.45, 7) is 16.8. The van der Waals surface area contributed by atoms with Crippen molar-refractivity contribution in [1.29, 1.82) is 0 Å². The third kappa shape index (κ3) is 8.27. The molecule has 0 aromatic rings. The van der Waals surface area contributed by atoms with Crippen molar-refractivity contribution in [1.82, 2.24) is 0 Å². The molecule has 0 aromatic carbocycles. The van der Waals surface area contributed by atoms with E-state index in [9.17, 15) is 0 Å². The van der Waals surface area contributed by atoms with Gasteiger partial charge in [-0.1, -0.05) is 83.4 Å². The van der Waals surface area contributed by atoms with Crippen LogP contribution in [0.5, 0.6) is 0 Å². The van der Waals surface area contributed by atoms with Gasteiger partial charge in [-0.2, -0.15) is 0 Å². The molecule has 2 aliphatic rings. The first-order chi connectivity index (χ1) is 13.7. The number of piperidine rings is 1. The standard InChI is InChI=1S/C27H48N/c1-4-12-25-15-10-11-16-26(18-17-25)13-8-7-9-14-27-19-23-28(21-5-2,22-6-3)24-20-27/h4-6,25-27H,1-3,7-24H2/q+1. The highest BCUT2D eigenvalue weighted by Gasteiger charge is 2.31. The lowest BCUT2D eigenvalue weighted by molar-refractivity contribution is -0.923. The molecule has 0 spiro atoms. The van der Waals surface area contributed by atoms with Crippen molar-refractivity contribution in [2.45, 2.75) is 89.9 Å². The van der Waals surface area contributed by atoms with Crippen LogP contribution in [0, 0.1) is 17.8 Å². The molecule has 2 atom stereocenters. The Balaban J connectivity index is 1.57. The predicted octanol–water partition coefficient (Wildman–Crippen LogP) is 7.70. The number of unbranched alkanes of at least 4 members (excludes halogenated alkanes) is 2. The van der Waals surface area contributed by atoms with Gasteiger partial charge in [-0.15, -0.1) is 6.58 Å². The highest BCUT2D eigenvalue weighted by molar-refractivity contribution is 4.77. The lowest BCUT2D eigenvalue weighted by Crippen LogP contribution is -2.53. The van der Waals surface area contributed by atoms with Gasteiger partial charge in [0.1, 0.15) is 0 Å². The Kier molecular flexibility index (Phi) is 11.2. The van der Waals surface area contributed by atoms with Crippen LogP contribution in [0.2, 0.25) is 0 Å². The maximum absolute atomic E-state index is 3.98. The van der Waals surface area contributed by atoms with Crippen LogP contribution in [0.1, 0.15) is 89.9 Å². The van der Waals surface area contributed by atoms with E-state index in [1.54, 1.807) is 0 Å². The highest BCUT2D eigenvalue weighted by atomic mass is 15.3. The summed E-state index contributed by atoms with van der Waals surface area (Å²) in [7, 11) is 0. The van der Waals surface area contributed by atoms with E-state index in [1.807, 2.05) is 0 Å². The average Bonchev–Trinajstić information content (AvgIpc) is 2.67. The Hall–Kier alpha value is -0.820. The smallest absolute Gasteiger partial charge is 0.0973 e. The molecule has 1 aliphatic carbocycles. The molecule has 2 fully saturated rings. The predicted molar refractivity (Wildman–Crippen MR) is 125 cm³/mol. The molecule has 0 N–H and O–H groups in total. The maximum atomic E-state index is 3.98. The van der Waals surface area contributed by atoms with Crippen molar-refractivity contribution < 1.29 is 4.48 Å². The second-order valence-electron chi connectivity index (χ2n) is 9.93. The van der Waals surface area contributed by atoms with Crippen LogP contribution in [0.15, 0.2) is 38.0 Å². The SMILES string of the molecule is C=CCC1CCCCC(CCCCCC2CC[N+](CC=C)(CC=C)CC2)CC1. The van der Waals surface area contributed by atoms with Crippen LogP contribution in [0.3, 0.4) is 0 Å². The third-order valence-corrected chi connectivity index (χ3v) is 7.74. The zero-order valence-electron chi connectivity index (χ0n) is 18.8. The number of nitrogens with zero attached hydrogens (tertiary/aromatic N) is 1. The Morgan fingerprint density at radius 3 is 1.71 bits per heavy atom. The number of quaternary nitrogens is 1. The molecule has 0 aromatic heterocycles. The maximum Gasteiger partial charge on any atom is 0.0973 e. The summed E-state index contributed by atoms with van der Waals surface area (Å²) in [5.74, 6) is 2.92. The summed E-state index contributed by atoms with van der Waals surface area (Å²) in [6, 6.07) is 0. The van der Waals surface area contributed by atoms with Gasteiger partial charge in [0.2, 0.25) is 0 Å². The molecule has 2 unspecified atom stereocenters. The van der Waals surface area contributed by atoms with Gasteiger partial charge in [0.05, 0.1) is 26.2 Å². The lowest BCUT2D eigenvalue weighted by atomic mass is 9.82. The minimum absolute atomic E-state index is 0.930. The molecule has 28 heavy (non-hydrogen) atoms. The molecule has 0 bridgehead atoms. The Morgan fingerprint density at radius 1 is 0.607 bits per heavy atom. The summed E-state index contributed by atoms with van der Waals surface area (Å²) in [5.41, 5.74) is 0. The van der Waals surface area contributed by atoms with E-state index in [-0.39, 0.29) is 0 Å². The molecule has 1 saturated carbocycles. The molecule has 1 saturated heterocycles. The zero-order valence-corrected chi connectivity index (χ0v) is 18.8. The number of allylic oxidation sites excluding steroid dienone is 1. The summed E-state index contributed by atoms with van der Waals surface area (Å²) in [4.78, 5) is 0. The van der Waals surface area contributed by atoms with Crippen molar-refractivity contribution in [2.24, 2.45) is 17.8 Å². The van der Waals surface area contributed by atoms with E-state index in [2.05, 4.69) is 38.0 Å². The molecule has 1 heteroatoms. The van der Waals surface area contributed by atoms with Gasteiger partial charge in [-0.25, -0.2) is 0 Å². The summed E-state index contributed by atoms with van der Waals surface area (Å²) in [5, 5.41) is 0. The van der Waals surface area contributed by atoms with Crippen molar-refractivity contribution >= 4 is 0 Å². The van der Waals surface area contributed by atoms with Gasteiger partial charge in [-0.05, 0) is 55.6 Å². The number of hydrogen-bond donors (Lipinski definition) is 0. The average molecular weight is 387 g/mol. The molecule has 1 nitrogen and oxygen atoms in total. The first kappa shape index (κ1) is 23.5. The van der Waals surface area contributed by atoms with E-state index >= 15 is 0 Å². The van der Waals surface area contributed by atoms with Gasteiger partial charge < -0.3 is 4.48 Å². The van der Waals surface area contributed by atoms with Crippen LogP contribution >= 0.6 is 0 Å². The number of hydrogen-bond acceptors (Lipinski definition) is 0. The van der Waals surface area contributed by atoms with Gasteiger partial charge in [-0.3, -0.25) is 0 Å². The molecular formula is C27H48N+. The van der Waals surface area contributed by atoms with Gasteiger partial charge in [0.15, 0.2) is 0 Å². The highest BCUT2D eigenvalue weighted by Crippen LogP contribution is 2.32. The van der Waals surface area contributed by atoms with Gasteiger partial charge >= 0.3 is 0 Å². The molecule has 0 amide bonds. The zero-order chi connectivity index (χ0) is 20.1. The Bertz CT molecular complexity index is 431. The fourth-order valence-electron chi connectivity index (χ4n) is 5.87. The normalized spacial score (nSPS) is 26.1. The van der Waals surface area contributed by atoms with Crippen LogP contribution in [-0.2, 0) is 0 Å². The van der Waals surface area contributed by atoms with E-state index in [0.717, 1.165) is 30.8 Å². The van der Waals surface area contributed by atoms with Crippen molar-refractivity contribution in [2.75, 3.05) is 26.2 Å². The lowest BCUT2D eigenvalue weighted by Gasteiger charge is -2.42. The van der Waals surface area contributed by atoms with E-state index < -0.39 is 0 Å². The quantitative estimate of drug-likeness (QED) is 0.183. The minimum atomic E-state index is 0.930. The largest absolute Gasteiger partial charge is 0.317 e. The van der Waals surface area contributed by atoms with Crippen LogP contribution < -0.4 is 0 Å². The van der Waals surface area contributed by atoms with Crippen molar-refractivity contribution in [3.8, 4) is 0 Å². The van der Waals surface area contributed by atoms with Gasteiger partial charge in [0.25, 0.3) is 0 Å². The van der Waals surface area contributed by atoms with Crippen LogP contribution in [0.4, 0.5) is 0 Å². The van der Waals surface area contributed by atoms with Crippen molar-refractivity contribution in [3.63, 3.8) is 0 Å². The third-order valence-electron chi connectivity index (χ3n) is 7.74. The van der Waals surface area contributed by atoms with E-state index in [4.69, 9.17) is 0 Å². The first-order valence-electron chi connectivity index (χ1n) is 12.4. The second-order valence-corrected chi connectivity index (χ2v) is 9.93. The molecular weight excluding hydrogens is 338 g/mol. The minimum Gasteiger partial charge on any atom is -0.317 e. The Morgan fingerprint density at radius 2 is 1.14 bits per heavy atom. The molecule has 2 rings (SSSR count). The van der Waals surface area contributed by atoms with Crippen molar-refractivity contribution in [3.05, 3.63) is 38.0 Å². The fourth-order valence-corrected chi connectivity index (χ4v) is 5.87. The summed E-state index contributed by atoms with van der Waals surface area (Å²) >= 11 is 0. The second kappa shape index (κ2) is 13.4. The first-order valence-corrected chi connectivity index (χ1v) is 12.4. The molecule has 0 radical (unpaired) electrons. The fraction of sp³-hybridized carbons (Fsp3) is 0.778. The molecule has 1 heterocycles. The van der Waals surface area contributed by atoms with Crippen LogP contribution in [-0.4, -0.2) is 30.7 Å². The van der Waals surface area contributed by atoms with Crippen LogP contribution in [0.25, 0.3) is 0 Å². The van der Waals surface area contributed by atoms with E-state index in [1.165, 1.54) is 107 Å². The number of rotatable bonds is 12. The monoisotopic (exact) mass is 386 g/mol. The number of likely N-dealkylation sites (tertiary alicyclic amines) is 1. The molecule has 160 valence electrons. The Labute approximate surface area is 176 Å².